The van der Waals surface area contributed by atoms with Crippen molar-refractivity contribution in [3.63, 3.8) is 0 Å². The number of amides is 4. The lowest BCUT2D eigenvalue weighted by Crippen LogP contribution is -2.62. The van der Waals surface area contributed by atoms with Gasteiger partial charge in [-0.05, 0) is 35.1 Å². The van der Waals surface area contributed by atoms with E-state index < -0.39 is 72.3 Å². The van der Waals surface area contributed by atoms with E-state index in [1.807, 2.05) is 60.7 Å². The summed E-state index contributed by atoms with van der Waals surface area (Å²) in [4.78, 5) is 56.5. The number of hydrogen-bond acceptors (Lipinski definition) is 11. The van der Waals surface area contributed by atoms with Gasteiger partial charge in [0.05, 0.1) is 45.3 Å². The number of nitrogens with one attached hydrogen (secondary N) is 4. The van der Waals surface area contributed by atoms with Crippen molar-refractivity contribution in [2.75, 3.05) is 34.0 Å². The van der Waals surface area contributed by atoms with Gasteiger partial charge in [-0.25, -0.2) is 14.6 Å². The van der Waals surface area contributed by atoms with E-state index in [-0.39, 0.29) is 19.5 Å². The van der Waals surface area contributed by atoms with E-state index in [9.17, 15) is 34.5 Å². The molecule has 0 bridgehead atoms. The molecule has 4 amide bonds. The fourth-order valence-electron chi connectivity index (χ4n) is 5.49. The Bertz CT molecular complexity index is 1620. The average Bonchev–Trinajstić information content (AvgIpc) is 3.15. The zero-order chi connectivity index (χ0) is 39.2. The molecule has 0 saturated carbocycles. The average molecular weight is 737 g/mol. The summed E-state index contributed by atoms with van der Waals surface area (Å²) in [6.45, 7) is 5.31. The van der Waals surface area contributed by atoms with Crippen molar-refractivity contribution in [2.24, 2.45) is 10.8 Å². The van der Waals surface area contributed by atoms with Gasteiger partial charge in [-0.2, -0.15) is 0 Å². The summed E-state index contributed by atoms with van der Waals surface area (Å²) in [5.74, 6) is -1.37. The number of benzene rings is 2. The molecule has 15 nitrogen and oxygen atoms in total. The molecule has 0 unspecified atom stereocenters. The molecule has 1 aromatic heterocycles. The molecular formula is C38H52N6O9. The number of hydrogen-bond donors (Lipinski definition) is 7. The Morgan fingerprint density at radius 1 is 0.755 bits per heavy atom. The molecule has 0 radical (unpaired) electrons. The van der Waals surface area contributed by atoms with E-state index >= 15 is 0 Å². The normalized spacial score (nSPS) is 13.9. The number of rotatable bonds is 17. The van der Waals surface area contributed by atoms with Crippen molar-refractivity contribution < 1.29 is 44.0 Å². The molecule has 4 atom stereocenters. The standard InChI is InChI=1S/C38H52N6O9/c1-37(2,3)31(41-35(50)52-5)34(49)43-44(21-26-15-17-27(18-16-26)28-14-10-11-19-39-28)22-30(47)29(20-25-12-8-7-9-13-25)40-33(48)32(42-36(51)53-6)38(4,23-45)24-46/h7-19,29-32,45-47H,20-24H2,1-6H3,(H,40,48)(H,41,50)(H,42,51)(H,43,49)/t29-,30-,31+,32+/m0/s1. The van der Waals surface area contributed by atoms with Gasteiger partial charge in [0.15, 0.2) is 0 Å². The Balaban J connectivity index is 1.98. The van der Waals surface area contributed by atoms with E-state index in [1.165, 1.54) is 19.0 Å². The van der Waals surface area contributed by atoms with Crippen LogP contribution >= 0.6 is 0 Å². The molecular weight excluding hydrogens is 684 g/mol. The first-order valence-corrected chi connectivity index (χ1v) is 17.1. The fraction of sp³-hybridized carbons (Fsp3) is 0.447. The number of nitrogens with zero attached hydrogens (tertiary/aromatic N) is 2. The second-order valence-corrected chi connectivity index (χ2v) is 14.1. The van der Waals surface area contributed by atoms with Crippen molar-refractivity contribution in [1.29, 1.82) is 0 Å². The number of carbonyl (C=O) groups is 4. The highest BCUT2D eigenvalue weighted by Crippen LogP contribution is 2.23. The van der Waals surface area contributed by atoms with E-state index in [2.05, 4.69) is 31.1 Å². The first-order chi connectivity index (χ1) is 25.1. The molecule has 0 aliphatic carbocycles. The number of aromatic nitrogens is 1. The lowest BCUT2D eigenvalue weighted by molar-refractivity contribution is -0.133. The summed E-state index contributed by atoms with van der Waals surface area (Å²) in [5, 5.41) is 41.3. The molecule has 0 aliphatic heterocycles. The summed E-state index contributed by atoms with van der Waals surface area (Å²) in [5.41, 5.74) is 3.77. The molecule has 15 heteroatoms. The minimum Gasteiger partial charge on any atom is -0.453 e. The maximum Gasteiger partial charge on any atom is 0.407 e. The van der Waals surface area contributed by atoms with Crippen molar-refractivity contribution in [3.8, 4) is 11.3 Å². The molecule has 3 rings (SSSR count). The van der Waals surface area contributed by atoms with Crippen LogP contribution in [0.3, 0.4) is 0 Å². The van der Waals surface area contributed by atoms with Crippen LogP contribution in [0.1, 0.15) is 38.8 Å². The summed E-state index contributed by atoms with van der Waals surface area (Å²) in [6, 6.07) is 18.6. The molecule has 3 aromatic rings. The van der Waals surface area contributed by atoms with Gasteiger partial charge in [0.25, 0.3) is 5.91 Å². The predicted molar refractivity (Wildman–Crippen MR) is 197 cm³/mol. The highest BCUT2D eigenvalue weighted by molar-refractivity contribution is 5.87. The third kappa shape index (κ3) is 12.5. The molecule has 0 fully saturated rings. The first-order valence-electron chi connectivity index (χ1n) is 17.1. The second-order valence-electron chi connectivity index (χ2n) is 14.1. The van der Waals surface area contributed by atoms with E-state index in [0.29, 0.717) is 0 Å². The number of hydrazine groups is 1. The zero-order valence-electron chi connectivity index (χ0n) is 31.0. The molecule has 0 saturated heterocycles. The molecule has 1 heterocycles. The Hall–Kier alpha value is -5.09. The van der Waals surface area contributed by atoms with Crippen LogP contribution in [0.15, 0.2) is 79.0 Å². The van der Waals surface area contributed by atoms with Crippen LogP contribution in [-0.4, -0.2) is 108 Å². The number of ether oxygens (including phenoxy) is 2. The molecule has 0 spiro atoms. The molecule has 0 aliphatic rings. The van der Waals surface area contributed by atoms with Crippen LogP contribution < -0.4 is 21.4 Å². The monoisotopic (exact) mass is 736 g/mol. The molecule has 2 aromatic carbocycles. The topological polar surface area (TPSA) is 212 Å². The molecule has 7 N–H and O–H groups in total. The summed E-state index contributed by atoms with van der Waals surface area (Å²) in [7, 11) is 2.31. The van der Waals surface area contributed by atoms with Crippen LogP contribution in [0.25, 0.3) is 11.3 Å². The van der Waals surface area contributed by atoms with E-state index in [1.54, 1.807) is 39.1 Å². The first kappa shape index (κ1) is 42.3. The van der Waals surface area contributed by atoms with E-state index in [4.69, 9.17) is 4.74 Å². The van der Waals surface area contributed by atoms with Crippen LogP contribution in [0, 0.1) is 10.8 Å². The number of aliphatic hydroxyl groups excluding tert-OH is 3. The van der Waals surface area contributed by atoms with Gasteiger partial charge in [-0.15, -0.1) is 0 Å². The van der Waals surface area contributed by atoms with Gasteiger partial charge in [0.2, 0.25) is 5.91 Å². The van der Waals surface area contributed by atoms with Crippen molar-refractivity contribution in [3.05, 3.63) is 90.1 Å². The second kappa shape index (κ2) is 19.7. The predicted octanol–water partition coefficient (Wildman–Crippen LogP) is 2.16. The van der Waals surface area contributed by atoms with Crippen LogP contribution in [0.2, 0.25) is 0 Å². The number of pyridine rings is 1. The third-order valence-corrected chi connectivity index (χ3v) is 8.76. The maximum atomic E-state index is 13.8. The highest BCUT2D eigenvalue weighted by Gasteiger charge is 2.41. The molecule has 288 valence electrons. The largest absolute Gasteiger partial charge is 0.453 e. The molecule has 53 heavy (non-hydrogen) atoms. The van der Waals surface area contributed by atoms with Crippen molar-refractivity contribution in [2.45, 2.75) is 64.9 Å². The van der Waals surface area contributed by atoms with Gasteiger partial charge >= 0.3 is 12.2 Å². The Morgan fingerprint density at radius 2 is 1.34 bits per heavy atom. The number of carbonyl (C=O) groups excluding carboxylic acids is 4. The van der Waals surface area contributed by atoms with Gasteiger partial charge < -0.3 is 40.7 Å². The Labute approximate surface area is 310 Å². The minimum atomic E-state index is -1.50. The lowest BCUT2D eigenvalue weighted by Gasteiger charge is -2.36. The van der Waals surface area contributed by atoms with Crippen LogP contribution in [-0.2, 0) is 32.0 Å². The van der Waals surface area contributed by atoms with Gasteiger partial charge in [-0.1, -0.05) is 88.4 Å². The third-order valence-electron chi connectivity index (χ3n) is 8.76. The van der Waals surface area contributed by atoms with Crippen LogP contribution in [0.5, 0.6) is 0 Å². The van der Waals surface area contributed by atoms with Crippen molar-refractivity contribution in [1.82, 2.24) is 31.4 Å². The quantitative estimate of drug-likeness (QED) is 0.0999. The maximum absolute atomic E-state index is 13.8. The number of methoxy groups -OCH3 is 2. The van der Waals surface area contributed by atoms with Crippen LogP contribution in [0.4, 0.5) is 9.59 Å². The van der Waals surface area contributed by atoms with E-state index in [0.717, 1.165) is 29.5 Å². The van der Waals surface area contributed by atoms with Gasteiger partial charge in [0, 0.05) is 30.3 Å². The SMILES string of the molecule is COC(=O)N[C@H](C(=O)NN(Cc1ccc(-c2ccccn2)cc1)C[C@H](O)[C@H](Cc1ccccc1)NC(=O)[C@@H](NC(=O)OC)C(C)(CO)CO)C(C)(C)C. The summed E-state index contributed by atoms with van der Waals surface area (Å²) in [6.07, 6.45) is -1.28. The highest BCUT2D eigenvalue weighted by atomic mass is 16.5. The fourth-order valence-corrected chi connectivity index (χ4v) is 5.49. The summed E-state index contributed by atoms with van der Waals surface area (Å²) < 4.78 is 9.45. The smallest absolute Gasteiger partial charge is 0.407 e. The Morgan fingerprint density at radius 3 is 1.87 bits per heavy atom. The van der Waals surface area contributed by atoms with Gasteiger partial charge in [-0.3, -0.25) is 20.0 Å². The van der Waals surface area contributed by atoms with Crippen molar-refractivity contribution >= 4 is 24.0 Å². The lowest BCUT2D eigenvalue weighted by atomic mass is 9.83. The minimum absolute atomic E-state index is 0.103. The van der Waals surface area contributed by atoms with Gasteiger partial charge in [0.1, 0.15) is 12.1 Å². The number of alkyl carbamates (subject to hydrolysis) is 2. The number of aliphatic hydroxyl groups is 3. The Kier molecular flexibility index (Phi) is 15.7. The zero-order valence-corrected chi connectivity index (χ0v) is 31.0. The summed E-state index contributed by atoms with van der Waals surface area (Å²) >= 11 is 0.